The lowest BCUT2D eigenvalue weighted by Crippen LogP contribution is -2.34. The number of benzene rings is 1. The maximum absolute atomic E-state index is 12.1. The first-order valence-electron chi connectivity index (χ1n) is 8.17. The fraction of sp³-hybridized carbons (Fsp3) is 0.375. The normalized spacial score (nSPS) is 30.7. The van der Waals surface area contributed by atoms with Crippen LogP contribution in [0, 0.1) is 6.92 Å². The van der Waals surface area contributed by atoms with Crippen molar-refractivity contribution < 1.29 is 13.8 Å². The molecule has 10 heteroatoms. The van der Waals surface area contributed by atoms with Crippen LogP contribution in [0.15, 0.2) is 46.1 Å². The molecule has 2 N–H and O–H groups in total. The Hall–Kier alpha value is -1.77. The molecule has 0 spiro atoms. The number of hydrogen-bond donors (Lipinski definition) is 2. The smallest absolute Gasteiger partial charge is 0.330 e. The molecule has 138 valence electrons. The third-order valence-corrected chi connectivity index (χ3v) is 6.78. The number of ether oxygens (including phenoxy) is 1. The summed E-state index contributed by atoms with van der Waals surface area (Å²) in [5, 5.41) is 3.16. The fourth-order valence-corrected chi connectivity index (χ4v) is 5.44. The number of fused-ring (bicyclic) bond motifs is 1. The number of aromatic nitrogens is 2. The monoisotopic (exact) mass is 395 g/mol. The molecule has 0 amide bonds. The minimum absolute atomic E-state index is 0.282. The molecule has 8 nitrogen and oxygen atoms in total. The van der Waals surface area contributed by atoms with E-state index in [-0.39, 0.29) is 18.8 Å². The van der Waals surface area contributed by atoms with E-state index in [0.29, 0.717) is 12.0 Å². The molecular weight excluding hydrogens is 377 g/mol. The van der Waals surface area contributed by atoms with Gasteiger partial charge in [-0.25, -0.2) is 4.79 Å². The van der Waals surface area contributed by atoms with E-state index in [1.165, 1.54) is 10.8 Å². The van der Waals surface area contributed by atoms with Crippen molar-refractivity contribution in [3.05, 3.63) is 62.9 Å². The predicted molar refractivity (Wildman–Crippen MR) is 99.8 cm³/mol. The van der Waals surface area contributed by atoms with Crippen LogP contribution >= 0.6 is 6.64 Å². The third kappa shape index (κ3) is 3.41. The summed E-state index contributed by atoms with van der Waals surface area (Å²) in [5.74, 6) is 0. The number of hydrogen-bond acceptors (Lipinski definition) is 6. The topological polar surface area (TPSA) is 94.6 Å². The molecule has 3 unspecified atom stereocenters. The van der Waals surface area contributed by atoms with Gasteiger partial charge in [-0.1, -0.05) is 18.2 Å². The highest BCUT2D eigenvalue weighted by Crippen LogP contribution is 2.55. The second-order valence-corrected chi connectivity index (χ2v) is 9.39. The van der Waals surface area contributed by atoms with Crippen LogP contribution in [-0.4, -0.2) is 28.4 Å². The Morgan fingerprint density at radius 1 is 1.27 bits per heavy atom. The highest BCUT2D eigenvalue weighted by Gasteiger charge is 2.45. The van der Waals surface area contributed by atoms with Crippen LogP contribution < -0.4 is 16.3 Å². The fourth-order valence-electron chi connectivity index (χ4n) is 3.04. The van der Waals surface area contributed by atoms with Gasteiger partial charge in [-0.15, -0.1) is 0 Å². The number of para-hydroxylation sites is 1. The van der Waals surface area contributed by atoms with Crippen molar-refractivity contribution in [2.24, 2.45) is 0 Å². The van der Waals surface area contributed by atoms with Crippen LogP contribution in [0.25, 0.3) is 0 Å². The quantitative estimate of drug-likeness (QED) is 0.767. The minimum atomic E-state index is -2.69. The highest BCUT2D eigenvalue weighted by atomic mass is 32.5. The van der Waals surface area contributed by atoms with Gasteiger partial charge in [0.1, 0.15) is 12.3 Å². The Morgan fingerprint density at radius 2 is 2.04 bits per heavy atom. The van der Waals surface area contributed by atoms with Gasteiger partial charge >= 0.3 is 5.69 Å². The van der Waals surface area contributed by atoms with Crippen molar-refractivity contribution in [3.63, 3.8) is 0 Å². The largest absolute Gasteiger partial charge is 0.349 e. The molecule has 2 saturated heterocycles. The number of rotatable bonds is 3. The molecule has 1 aromatic carbocycles. The highest BCUT2D eigenvalue weighted by molar-refractivity contribution is 8.10. The molecule has 1 aromatic heterocycles. The Balaban J connectivity index is 1.51. The van der Waals surface area contributed by atoms with Gasteiger partial charge in [0.15, 0.2) is 0 Å². The second-order valence-electron chi connectivity index (χ2n) is 6.26. The number of nitrogens with zero attached hydrogens (tertiary/aromatic N) is 1. The summed E-state index contributed by atoms with van der Waals surface area (Å²) in [4.78, 5) is 25.9. The van der Waals surface area contributed by atoms with Crippen molar-refractivity contribution in [1.82, 2.24) is 9.55 Å². The molecule has 0 radical (unpaired) electrons. The summed E-state index contributed by atoms with van der Waals surface area (Å²) in [7, 11) is 0. The van der Waals surface area contributed by atoms with Crippen molar-refractivity contribution in [3.8, 4) is 0 Å². The Kier molecular flexibility index (Phi) is 4.58. The van der Waals surface area contributed by atoms with E-state index in [2.05, 4.69) is 10.1 Å². The van der Waals surface area contributed by atoms with Crippen LogP contribution in [0.1, 0.15) is 18.2 Å². The van der Waals surface area contributed by atoms with Crippen LogP contribution in [0.2, 0.25) is 0 Å². The lowest BCUT2D eigenvalue weighted by molar-refractivity contribution is -0.0526. The SMILES string of the molecule is Cc1cn(C2CC3O[P@](=S)(Nc4ccccc4)OCC3O2)c(=O)[nH]c1=O. The summed E-state index contributed by atoms with van der Waals surface area (Å²) < 4.78 is 19.1. The average Bonchev–Trinajstić information content (AvgIpc) is 3.01. The van der Waals surface area contributed by atoms with Crippen molar-refractivity contribution >= 4 is 24.1 Å². The minimum Gasteiger partial charge on any atom is -0.349 e. The molecule has 2 fully saturated rings. The van der Waals surface area contributed by atoms with Gasteiger partial charge in [0.05, 0.1) is 12.7 Å². The molecule has 4 rings (SSSR count). The molecule has 0 bridgehead atoms. The summed E-state index contributed by atoms with van der Waals surface area (Å²) >= 11 is 5.56. The van der Waals surface area contributed by atoms with Gasteiger partial charge in [0, 0.05) is 23.9 Å². The van der Waals surface area contributed by atoms with E-state index >= 15 is 0 Å². The maximum Gasteiger partial charge on any atom is 0.330 e. The number of aromatic amines is 1. The molecule has 4 atom stereocenters. The molecule has 3 heterocycles. The lowest BCUT2D eigenvalue weighted by Gasteiger charge is -2.34. The van der Waals surface area contributed by atoms with Crippen LogP contribution in [0.5, 0.6) is 0 Å². The van der Waals surface area contributed by atoms with Crippen molar-refractivity contribution in [2.75, 3.05) is 11.7 Å². The van der Waals surface area contributed by atoms with Crippen LogP contribution in [-0.2, 0) is 25.6 Å². The Morgan fingerprint density at radius 3 is 2.81 bits per heavy atom. The zero-order valence-corrected chi connectivity index (χ0v) is 15.7. The van der Waals surface area contributed by atoms with Crippen LogP contribution in [0.4, 0.5) is 5.69 Å². The van der Waals surface area contributed by atoms with Gasteiger partial charge in [0.2, 0.25) is 0 Å². The summed E-state index contributed by atoms with van der Waals surface area (Å²) in [6.45, 7) is -0.769. The summed E-state index contributed by atoms with van der Waals surface area (Å²) in [5.41, 5.74) is 0.365. The summed E-state index contributed by atoms with van der Waals surface area (Å²) in [6.07, 6.45) is 0.828. The van der Waals surface area contributed by atoms with E-state index in [9.17, 15) is 9.59 Å². The number of anilines is 1. The number of aryl methyl sites for hydroxylation is 1. The molecule has 26 heavy (non-hydrogen) atoms. The Bertz CT molecular complexity index is 976. The zero-order chi connectivity index (χ0) is 18.3. The molecule has 2 aliphatic heterocycles. The van der Waals surface area contributed by atoms with Gasteiger partial charge in [-0.05, 0) is 30.9 Å². The predicted octanol–water partition coefficient (Wildman–Crippen LogP) is 1.88. The molecule has 0 saturated carbocycles. The average molecular weight is 395 g/mol. The van der Waals surface area contributed by atoms with E-state index in [0.717, 1.165) is 5.69 Å². The van der Waals surface area contributed by atoms with E-state index in [1.54, 1.807) is 6.92 Å². The van der Waals surface area contributed by atoms with Gasteiger partial charge in [-0.3, -0.25) is 14.3 Å². The van der Waals surface area contributed by atoms with Crippen LogP contribution in [0.3, 0.4) is 0 Å². The first-order valence-corrected chi connectivity index (χ1v) is 10.8. The van der Waals surface area contributed by atoms with Crippen molar-refractivity contribution in [1.29, 1.82) is 0 Å². The molecule has 2 aromatic rings. The van der Waals surface area contributed by atoms with E-state index < -0.39 is 24.1 Å². The second kappa shape index (κ2) is 6.75. The molecular formula is C16H18N3O5PS. The molecule has 2 aliphatic rings. The Labute approximate surface area is 154 Å². The van der Waals surface area contributed by atoms with Gasteiger partial charge < -0.3 is 18.9 Å². The van der Waals surface area contributed by atoms with Crippen molar-refractivity contribution in [2.45, 2.75) is 31.8 Å². The lowest BCUT2D eigenvalue weighted by atomic mass is 10.2. The van der Waals surface area contributed by atoms with E-state index in [4.69, 9.17) is 25.6 Å². The standard InChI is InChI=1S/C16H18N3O5PS/c1-10-8-19(16(21)17-15(10)20)14-7-12-13(23-14)9-22-25(26,24-12)18-11-5-3-2-4-6-11/h2-6,8,12-14H,7,9H2,1H3,(H,18,26)(H,17,20,21)/t12?,13?,14?,25-/m0/s1. The van der Waals surface area contributed by atoms with Gasteiger partial charge in [-0.2, -0.15) is 0 Å². The maximum atomic E-state index is 12.1. The third-order valence-electron chi connectivity index (χ3n) is 4.36. The molecule has 0 aliphatic carbocycles. The number of H-pyrrole nitrogens is 1. The zero-order valence-electron chi connectivity index (χ0n) is 14.0. The van der Waals surface area contributed by atoms with E-state index in [1.807, 2.05) is 30.3 Å². The first kappa shape index (κ1) is 17.6. The van der Waals surface area contributed by atoms with Gasteiger partial charge in [0.25, 0.3) is 12.2 Å². The first-order chi connectivity index (χ1) is 12.4. The summed E-state index contributed by atoms with van der Waals surface area (Å²) in [6, 6.07) is 9.50. The number of nitrogens with one attached hydrogen (secondary N) is 2.